The summed E-state index contributed by atoms with van der Waals surface area (Å²) < 4.78 is 4.69. The molecule has 16 N–H and O–H groups in total. The predicted octanol–water partition coefficient (Wildman–Crippen LogP) is -1.98. The van der Waals surface area contributed by atoms with Gasteiger partial charge in [-0.05, 0) is 63.3 Å². The molecule has 0 radical (unpaired) electrons. The van der Waals surface area contributed by atoms with E-state index in [1.54, 1.807) is 68.4 Å². The van der Waals surface area contributed by atoms with Crippen molar-refractivity contribution < 1.29 is 47.9 Å². The van der Waals surface area contributed by atoms with Gasteiger partial charge in [0, 0.05) is 42.7 Å². The van der Waals surface area contributed by atoms with Crippen LogP contribution in [0.5, 0.6) is 5.75 Å². The monoisotopic (exact) mass is 970 g/mol. The third-order valence-corrected chi connectivity index (χ3v) is 13.2. The van der Waals surface area contributed by atoms with Crippen LogP contribution < -0.4 is 65.3 Å². The van der Waals surface area contributed by atoms with Crippen LogP contribution in [-0.2, 0) is 56.0 Å². The lowest BCUT2D eigenvalue weighted by molar-refractivity contribution is -0.136. The van der Waals surface area contributed by atoms with Crippen molar-refractivity contribution in [1.82, 2.24) is 31.9 Å². The molecule has 366 valence electrons. The highest BCUT2D eigenvalue weighted by Gasteiger charge is 2.36. The van der Waals surface area contributed by atoms with Gasteiger partial charge in [0.15, 0.2) is 5.96 Å². The van der Waals surface area contributed by atoms with Gasteiger partial charge >= 0.3 is 0 Å². The second kappa shape index (κ2) is 27.2. The van der Waals surface area contributed by atoms with Crippen LogP contribution in [0.4, 0.5) is 0 Å². The summed E-state index contributed by atoms with van der Waals surface area (Å²) in [6.07, 6.45) is -1.56. The molecule has 0 spiro atoms. The third-order valence-electron chi connectivity index (χ3n) is 9.94. The lowest BCUT2D eigenvalue weighted by Crippen LogP contribution is -2.60. The zero-order valence-corrected chi connectivity index (χ0v) is 39.3. The standard InChI is InChI=1S/C43H62N12O10S2/c1-4-65-26-14-12-25(13-15-26)20-29-38(61)53-30(19-24-9-6-5-7-10-24)39(62)52-28(16-17-33(44)56)37(60)54-31(21-34(45)57)40(63)55-32(23-66-67-43(2,3)22-35(58)50-29)41(64)51-27(36(46)59)11-8-18-49-42(47)48/h5-7,9-10,12-15,27-32H,4,8,11,16-23H2,1-3H3,(H2,44,56)(H2,45,57)(H2,46,59)(H,50,58)(H,51,64)(H,52,62)(H,53,61)(H,54,60)(H,55,63)(H4,47,48,49)/t27-,28-,29?,30?,31-,32?/m0/s1. The minimum Gasteiger partial charge on any atom is -0.494 e. The fourth-order valence-corrected chi connectivity index (χ4v) is 9.31. The van der Waals surface area contributed by atoms with Crippen LogP contribution in [0, 0.1) is 0 Å². The minimum atomic E-state index is -1.73. The van der Waals surface area contributed by atoms with Gasteiger partial charge in [0.1, 0.15) is 42.0 Å². The van der Waals surface area contributed by atoms with Gasteiger partial charge in [-0.15, -0.1) is 0 Å². The van der Waals surface area contributed by atoms with Crippen molar-refractivity contribution >= 4 is 80.7 Å². The van der Waals surface area contributed by atoms with Gasteiger partial charge in [-0.25, -0.2) is 0 Å². The maximum atomic E-state index is 14.3. The molecule has 3 rings (SSSR count). The van der Waals surface area contributed by atoms with E-state index >= 15 is 0 Å². The fraction of sp³-hybridized carbons (Fsp3) is 0.488. The number of nitrogens with two attached hydrogens (primary N) is 5. The Balaban J connectivity index is 2.10. The normalized spacial score (nSPS) is 21.4. The van der Waals surface area contributed by atoms with Gasteiger partial charge < -0.3 is 65.3 Å². The summed E-state index contributed by atoms with van der Waals surface area (Å²) in [5.41, 5.74) is 28.6. The van der Waals surface area contributed by atoms with E-state index in [9.17, 15) is 43.2 Å². The smallest absolute Gasteiger partial charge is 0.244 e. The lowest BCUT2D eigenvalue weighted by atomic mass is 10.0. The average molecular weight is 971 g/mol. The molecule has 67 heavy (non-hydrogen) atoms. The van der Waals surface area contributed by atoms with E-state index in [4.69, 9.17) is 33.4 Å². The van der Waals surface area contributed by atoms with Crippen LogP contribution in [0.1, 0.15) is 70.4 Å². The molecular weight excluding hydrogens is 909 g/mol. The van der Waals surface area contributed by atoms with E-state index < -0.39 is 107 Å². The molecule has 3 unspecified atom stereocenters. The molecule has 0 saturated carbocycles. The van der Waals surface area contributed by atoms with Crippen molar-refractivity contribution in [3.63, 3.8) is 0 Å². The molecular formula is C43H62N12O10S2. The molecule has 0 bridgehead atoms. The first-order valence-corrected chi connectivity index (χ1v) is 23.8. The Morgan fingerprint density at radius 2 is 1.33 bits per heavy atom. The predicted molar refractivity (Wildman–Crippen MR) is 253 cm³/mol. The number of ether oxygens (including phenoxy) is 1. The summed E-state index contributed by atoms with van der Waals surface area (Å²) in [4.78, 5) is 125. The highest BCUT2D eigenvalue weighted by molar-refractivity contribution is 8.77. The van der Waals surface area contributed by atoms with Crippen LogP contribution in [0.3, 0.4) is 0 Å². The van der Waals surface area contributed by atoms with Crippen molar-refractivity contribution in [2.24, 2.45) is 33.7 Å². The number of nitrogens with one attached hydrogen (secondary N) is 6. The van der Waals surface area contributed by atoms with Crippen LogP contribution in [0.2, 0.25) is 0 Å². The molecule has 0 aliphatic carbocycles. The van der Waals surface area contributed by atoms with Crippen LogP contribution in [0.15, 0.2) is 59.6 Å². The summed E-state index contributed by atoms with van der Waals surface area (Å²) in [7, 11) is 2.26. The number of nitrogens with zero attached hydrogens (tertiary/aromatic N) is 1. The number of carbonyl (C=O) groups excluding carboxylic acids is 9. The third kappa shape index (κ3) is 20.2. The van der Waals surface area contributed by atoms with Crippen molar-refractivity contribution in [1.29, 1.82) is 0 Å². The average Bonchev–Trinajstić information content (AvgIpc) is 3.24. The van der Waals surface area contributed by atoms with Crippen molar-refractivity contribution in [3.8, 4) is 5.75 Å². The quantitative estimate of drug-likeness (QED) is 0.0334. The molecule has 22 nitrogen and oxygen atoms in total. The van der Waals surface area contributed by atoms with E-state index in [0.29, 0.717) is 23.5 Å². The highest BCUT2D eigenvalue weighted by Crippen LogP contribution is 2.38. The number of rotatable bonds is 18. The van der Waals surface area contributed by atoms with Gasteiger partial charge in [-0.1, -0.05) is 64.1 Å². The van der Waals surface area contributed by atoms with E-state index in [1.165, 1.54) is 10.8 Å². The van der Waals surface area contributed by atoms with Gasteiger partial charge in [0.25, 0.3) is 0 Å². The fourth-order valence-electron chi connectivity index (χ4n) is 6.62. The van der Waals surface area contributed by atoms with Crippen molar-refractivity contribution in [2.75, 3.05) is 18.9 Å². The van der Waals surface area contributed by atoms with Crippen LogP contribution in [0.25, 0.3) is 0 Å². The second-order valence-electron chi connectivity index (χ2n) is 16.2. The Hall–Kier alpha value is -6.56. The topological polar surface area (TPSA) is 377 Å². The van der Waals surface area contributed by atoms with Gasteiger partial charge in [-0.2, -0.15) is 0 Å². The van der Waals surface area contributed by atoms with Crippen LogP contribution >= 0.6 is 21.6 Å². The number of amides is 9. The molecule has 6 atom stereocenters. The molecule has 9 amide bonds. The summed E-state index contributed by atoms with van der Waals surface area (Å²) in [6.45, 7) is 5.88. The van der Waals surface area contributed by atoms with Gasteiger partial charge in [0.2, 0.25) is 53.2 Å². The molecule has 1 aliphatic rings. The van der Waals surface area contributed by atoms with E-state index in [2.05, 4.69) is 36.9 Å². The summed E-state index contributed by atoms with van der Waals surface area (Å²) in [5.74, 6) is -7.65. The summed E-state index contributed by atoms with van der Waals surface area (Å²) >= 11 is 0. The number of primary amides is 3. The Morgan fingerprint density at radius 1 is 0.761 bits per heavy atom. The Morgan fingerprint density at radius 3 is 1.91 bits per heavy atom. The number of benzene rings is 2. The summed E-state index contributed by atoms with van der Waals surface area (Å²) in [5, 5.41) is 15.6. The Kier molecular flexibility index (Phi) is 22.2. The van der Waals surface area contributed by atoms with E-state index in [-0.39, 0.29) is 56.8 Å². The molecule has 24 heteroatoms. The van der Waals surface area contributed by atoms with Gasteiger partial charge in [0.05, 0.1) is 13.0 Å². The molecule has 2 aromatic rings. The molecule has 1 fully saturated rings. The summed E-state index contributed by atoms with van der Waals surface area (Å²) in [6, 6.07) is 6.98. The number of aliphatic imine (C=N–C) groups is 1. The molecule has 1 aliphatic heterocycles. The molecule has 2 aromatic carbocycles. The molecule has 1 saturated heterocycles. The Bertz CT molecular complexity index is 2090. The highest BCUT2D eigenvalue weighted by atomic mass is 33.1. The maximum absolute atomic E-state index is 14.3. The maximum Gasteiger partial charge on any atom is 0.244 e. The number of carbonyl (C=O) groups is 9. The first kappa shape index (κ1) is 54.8. The zero-order valence-electron chi connectivity index (χ0n) is 37.7. The van der Waals surface area contributed by atoms with Crippen molar-refractivity contribution in [2.45, 2.75) is 113 Å². The second-order valence-corrected chi connectivity index (χ2v) is 19.3. The van der Waals surface area contributed by atoms with Gasteiger partial charge in [-0.3, -0.25) is 48.1 Å². The SMILES string of the molecule is CCOc1ccc(CC2NC(=O)CC(C)(C)SSCC(C(=O)N[C@@H](CCCN=C(N)N)C(N)=O)NC(=O)[C@H](CC(N)=O)NC(=O)[C@H](CCC(N)=O)NC(=O)C(Cc3ccccc3)NC2=O)cc1. The number of hydrogen-bond donors (Lipinski definition) is 11. The first-order chi connectivity index (χ1) is 31.7. The van der Waals surface area contributed by atoms with E-state index in [0.717, 1.165) is 10.8 Å². The molecule has 1 heterocycles. The van der Waals surface area contributed by atoms with E-state index in [1.807, 2.05) is 6.92 Å². The molecule has 0 aromatic heterocycles. The zero-order chi connectivity index (χ0) is 49.7. The minimum absolute atomic E-state index is 0.00601. The number of guanidine groups is 1. The van der Waals surface area contributed by atoms with Crippen LogP contribution in [-0.4, -0.2) is 119 Å². The Labute approximate surface area is 396 Å². The van der Waals surface area contributed by atoms with Crippen molar-refractivity contribution in [3.05, 3.63) is 65.7 Å². The largest absolute Gasteiger partial charge is 0.494 e. The lowest BCUT2D eigenvalue weighted by Gasteiger charge is -2.29. The first-order valence-electron chi connectivity index (χ1n) is 21.4. The number of hydrogen-bond acceptors (Lipinski definition) is 13.